The number of hydrogen-bond donors (Lipinski definition) is 1. The number of carbonyl (C=O) groups excluding carboxylic acids is 1. The maximum atomic E-state index is 11.2. The van der Waals surface area contributed by atoms with E-state index in [-0.39, 0.29) is 17.8 Å². The number of tetrazole rings is 1. The highest BCUT2D eigenvalue weighted by Gasteiger charge is 2.09. The van der Waals surface area contributed by atoms with Gasteiger partial charge in [0.05, 0.1) is 6.54 Å². The third kappa shape index (κ3) is 2.50. The number of anilines is 1. The van der Waals surface area contributed by atoms with Crippen LogP contribution in [0.2, 0.25) is 0 Å². The zero-order valence-electron chi connectivity index (χ0n) is 7.98. The summed E-state index contributed by atoms with van der Waals surface area (Å²) in [7, 11) is 0. The second kappa shape index (κ2) is 3.97. The maximum Gasteiger partial charge on any atom is 0.270 e. The largest absolute Gasteiger partial charge is 0.292 e. The Kier molecular flexibility index (Phi) is 2.94. The normalized spacial score (nSPS) is 10.5. The second-order valence-electron chi connectivity index (χ2n) is 2.95. The number of nitrogens with one attached hydrogen (secondary N) is 1. The van der Waals surface area contributed by atoms with E-state index in [0.717, 1.165) is 0 Å². The van der Waals surface area contributed by atoms with E-state index in [4.69, 9.17) is 0 Å². The molecule has 6 nitrogen and oxygen atoms in total. The van der Waals surface area contributed by atoms with Gasteiger partial charge in [-0.15, -0.1) is 5.10 Å². The molecule has 0 unspecified atom stereocenters. The summed E-state index contributed by atoms with van der Waals surface area (Å²) in [4.78, 5) is 12.6. The molecule has 1 aromatic heterocycles. The molecule has 6 heteroatoms. The van der Waals surface area contributed by atoms with Crippen molar-refractivity contribution in [3.8, 4) is 0 Å². The number of amides is 1. The SMILES string of the molecule is CCn1nnc(NC(=O)C(C)C)n1. The average molecular weight is 183 g/mol. The molecule has 0 saturated heterocycles. The first-order valence-electron chi connectivity index (χ1n) is 4.22. The number of rotatable bonds is 3. The molecule has 1 N–H and O–H groups in total. The molecule has 0 aliphatic rings. The molecule has 13 heavy (non-hydrogen) atoms. The first-order valence-corrected chi connectivity index (χ1v) is 4.22. The molecular weight excluding hydrogens is 170 g/mol. The minimum Gasteiger partial charge on any atom is -0.292 e. The number of hydrogen-bond acceptors (Lipinski definition) is 4. The Morgan fingerprint density at radius 1 is 1.62 bits per heavy atom. The molecule has 0 spiro atoms. The number of aryl methyl sites for hydroxylation is 1. The first-order chi connectivity index (χ1) is 6.13. The van der Waals surface area contributed by atoms with E-state index in [1.807, 2.05) is 6.92 Å². The van der Waals surface area contributed by atoms with Gasteiger partial charge in [-0.25, -0.2) is 0 Å². The predicted octanol–water partition coefficient (Wildman–Crippen LogP) is 0.287. The van der Waals surface area contributed by atoms with E-state index in [2.05, 4.69) is 20.7 Å². The fraction of sp³-hybridized carbons (Fsp3) is 0.714. The smallest absolute Gasteiger partial charge is 0.270 e. The monoisotopic (exact) mass is 183 g/mol. The summed E-state index contributed by atoms with van der Waals surface area (Å²) in [5, 5.41) is 13.8. The average Bonchev–Trinajstić information content (AvgIpc) is 2.52. The fourth-order valence-corrected chi connectivity index (χ4v) is 0.682. The van der Waals surface area contributed by atoms with Crippen LogP contribution in [-0.4, -0.2) is 26.1 Å². The Hall–Kier alpha value is -1.46. The Morgan fingerprint density at radius 3 is 2.77 bits per heavy atom. The van der Waals surface area contributed by atoms with Gasteiger partial charge in [-0.05, 0) is 12.1 Å². The third-order valence-corrected chi connectivity index (χ3v) is 1.50. The second-order valence-corrected chi connectivity index (χ2v) is 2.95. The van der Waals surface area contributed by atoms with Gasteiger partial charge >= 0.3 is 0 Å². The van der Waals surface area contributed by atoms with Gasteiger partial charge in [-0.1, -0.05) is 18.9 Å². The lowest BCUT2D eigenvalue weighted by molar-refractivity contribution is -0.118. The minimum atomic E-state index is -0.101. The molecule has 0 radical (unpaired) electrons. The van der Waals surface area contributed by atoms with Crippen LogP contribution >= 0.6 is 0 Å². The van der Waals surface area contributed by atoms with Gasteiger partial charge < -0.3 is 0 Å². The Morgan fingerprint density at radius 2 is 2.31 bits per heavy atom. The van der Waals surface area contributed by atoms with Crippen LogP contribution in [0.5, 0.6) is 0 Å². The van der Waals surface area contributed by atoms with Crippen molar-refractivity contribution in [2.24, 2.45) is 5.92 Å². The van der Waals surface area contributed by atoms with E-state index >= 15 is 0 Å². The summed E-state index contributed by atoms with van der Waals surface area (Å²) in [6.45, 7) is 6.15. The van der Waals surface area contributed by atoms with Crippen molar-refractivity contribution in [2.45, 2.75) is 27.3 Å². The van der Waals surface area contributed by atoms with Crippen molar-refractivity contribution >= 4 is 11.9 Å². The van der Waals surface area contributed by atoms with E-state index in [9.17, 15) is 4.79 Å². The lowest BCUT2D eigenvalue weighted by Crippen LogP contribution is -2.18. The van der Waals surface area contributed by atoms with Crippen LogP contribution in [0.15, 0.2) is 0 Å². The molecule has 0 fully saturated rings. The molecule has 0 bridgehead atoms. The van der Waals surface area contributed by atoms with Crippen LogP contribution in [0.1, 0.15) is 20.8 Å². The molecule has 0 aliphatic heterocycles. The Balaban J connectivity index is 2.59. The summed E-state index contributed by atoms with van der Waals surface area (Å²) < 4.78 is 0. The molecule has 1 rings (SSSR count). The van der Waals surface area contributed by atoms with Crippen molar-refractivity contribution in [2.75, 3.05) is 5.32 Å². The van der Waals surface area contributed by atoms with Gasteiger partial charge in [-0.2, -0.15) is 4.80 Å². The van der Waals surface area contributed by atoms with Crippen molar-refractivity contribution in [1.82, 2.24) is 20.2 Å². The van der Waals surface area contributed by atoms with Gasteiger partial charge in [0.25, 0.3) is 5.95 Å². The highest BCUT2D eigenvalue weighted by Crippen LogP contribution is 1.98. The summed E-state index contributed by atoms with van der Waals surface area (Å²) in [6.07, 6.45) is 0. The number of nitrogens with zero attached hydrogens (tertiary/aromatic N) is 4. The topological polar surface area (TPSA) is 72.7 Å². The quantitative estimate of drug-likeness (QED) is 0.730. The van der Waals surface area contributed by atoms with Gasteiger partial charge in [0.15, 0.2) is 0 Å². The summed E-state index contributed by atoms with van der Waals surface area (Å²) in [5.41, 5.74) is 0. The summed E-state index contributed by atoms with van der Waals surface area (Å²) in [6, 6.07) is 0. The van der Waals surface area contributed by atoms with Gasteiger partial charge in [0.1, 0.15) is 0 Å². The van der Waals surface area contributed by atoms with Gasteiger partial charge in [0.2, 0.25) is 5.91 Å². The van der Waals surface area contributed by atoms with Gasteiger partial charge in [-0.3, -0.25) is 10.1 Å². The van der Waals surface area contributed by atoms with Crippen LogP contribution in [0.4, 0.5) is 5.95 Å². The summed E-state index contributed by atoms with van der Waals surface area (Å²) >= 11 is 0. The molecule has 0 atom stereocenters. The highest BCUT2D eigenvalue weighted by molar-refractivity contribution is 5.90. The van der Waals surface area contributed by atoms with Crippen LogP contribution in [0, 0.1) is 5.92 Å². The lowest BCUT2D eigenvalue weighted by Gasteiger charge is -2.01. The van der Waals surface area contributed by atoms with Crippen molar-refractivity contribution in [3.05, 3.63) is 0 Å². The molecular formula is C7H13N5O. The zero-order valence-corrected chi connectivity index (χ0v) is 7.98. The fourth-order valence-electron chi connectivity index (χ4n) is 0.682. The number of aromatic nitrogens is 4. The van der Waals surface area contributed by atoms with Crippen LogP contribution in [0.3, 0.4) is 0 Å². The standard InChI is InChI=1S/C7H13N5O/c1-4-12-10-7(9-11-12)8-6(13)5(2)3/h5H,4H2,1-3H3,(H,8,10,13). The van der Waals surface area contributed by atoms with Crippen LogP contribution < -0.4 is 5.32 Å². The van der Waals surface area contributed by atoms with E-state index in [0.29, 0.717) is 6.54 Å². The third-order valence-electron chi connectivity index (χ3n) is 1.50. The first kappa shape index (κ1) is 9.63. The molecule has 1 amide bonds. The molecule has 0 saturated carbocycles. The van der Waals surface area contributed by atoms with Crippen LogP contribution in [-0.2, 0) is 11.3 Å². The van der Waals surface area contributed by atoms with Gasteiger partial charge in [0, 0.05) is 5.92 Å². The molecule has 0 aromatic carbocycles. The number of carbonyl (C=O) groups is 1. The van der Waals surface area contributed by atoms with Crippen molar-refractivity contribution in [1.29, 1.82) is 0 Å². The Bertz CT molecular complexity index is 293. The highest BCUT2D eigenvalue weighted by atomic mass is 16.2. The van der Waals surface area contributed by atoms with E-state index < -0.39 is 0 Å². The van der Waals surface area contributed by atoms with E-state index in [1.165, 1.54) is 4.80 Å². The zero-order chi connectivity index (χ0) is 9.84. The lowest BCUT2D eigenvalue weighted by atomic mass is 10.2. The minimum absolute atomic E-state index is 0.0754. The van der Waals surface area contributed by atoms with E-state index in [1.54, 1.807) is 13.8 Å². The molecule has 1 heterocycles. The predicted molar refractivity (Wildman–Crippen MR) is 47.0 cm³/mol. The van der Waals surface area contributed by atoms with Crippen molar-refractivity contribution < 1.29 is 4.79 Å². The Labute approximate surface area is 76.3 Å². The maximum absolute atomic E-state index is 11.2. The molecule has 1 aromatic rings. The molecule has 72 valence electrons. The summed E-state index contributed by atoms with van der Waals surface area (Å²) in [5.74, 6) is 0.0878. The van der Waals surface area contributed by atoms with Crippen LogP contribution in [0.25, 0.3) is 0 Å². The van der Waals surface area contributed by atoms with Crippen molar-refractivity contribution in [3.63, 3.8) is 0 Å². The molecule has 0 aliphatic carbocycles.